The van der Waals surface area contributed by atoms with Crippen molar-refractivity contribution in [2.24, 2.45) is 0 Å². The van der Waals surface area contributed by atoms with Gasteiger partial charge in [0.15, 0.2) is 0 Å². The molecule has 1 saturated heterocycles. The van der Waals surface area contributed by atoms with Gasteiger partial charge < -0.3 is 20.3 Å². The molecule has 1 atom stereocenters. The van der Waals surface area contributed by atoms with E-state index in [1.807, 2.05) is 4.90 Å². The third kappa shape index (κ3) is 6.76. The van der Waals surface area contributed by atoms with E-state index in [1.165, 1.54) is 17.3 Å². The molecule has 9 nitrogen and oxygen atoms in total. The summed E-state index contributed by atoms with van der Waals surface area (Å²) in [6.07, 6.45) is -0.0844. The molecular weight excluding hydrogens is 504 g/mol. The monoisotopic (exact) mass is 536 g/mol. The summed E-state index contributed by atoms with van der Waals surface area (Å²) >= 11 is 6.33. The highest BCUT2D eigenvalue weighted by Gasteiger charge is 2.26. The van der Waals surface area contributed by atoms with Crippen LogP contribution in [0.3, 0.4) is 0 Å². The molecule has 36 heavy (non-hydrogen) atoms. The normalized spacial score (nSPS) is 15.0. The second-order valence-corrected chi connectivity index (χ2v) is 10.7. The standard InChI is InChI=1S/C25H33ClN4O5S/c1-4-30(5-2)36(33,34)19-10-11-24(29-12-14-35-15-13-29)23(16-19)28-25(32)17-22(27-18(3)31)20-8-6-7-9-21(20)26/h6-11,16,22H,4-5,12-15,17H2,1-3H3,(H,27,31)(H,28,32)/t22-/m0/s1. The Morgan fingerprint density at radius 1 is 1.11 bits per heavy atom. The van der Waals surface area contributed by atoms with E-state index in [0.717, 1.165) is 0 Å². The fourth-order valence-corrected chi connectivity index (χ4v) is 5.95. The van der Waals surface area contributed by atoms with Crippen molar-refractivity contribution in [3.63, 3.8) is 0 Å². The van der Waals surface area contributed by atoms with Crippen molar-refractivity contribution < 1.29 is 22.7 Å². The molecule has 0 aromatic heterocycles. The molecule has 2 aromatic carbocycles. The minimum Gasteiger partial charge on any atom is -0.378 e. The average molecular weight is 537 g/mol. The highest BCUT2D eigenvalue weighted by Crippen LogP contribution is 2.32. The topological polar surface area (TPSA) is 108 Å². The molecule has 0 unspecified atom stereocenters. The van der Waals surface area contributed by atoms with E-state index in [9.17, 15) is 18.0 Å². The second kappa shape index (κ2) is 12.5. The molecule has 0 spiro atoms. The number of nitrogens with one attached hydrogen (secondary N) is 2. The summed E-state index contributed by atoms with van der Waals surface area (Å²) in [5.41, 5.74) is 1.71. The molecule has 2 aromatic rings. The molecular formula is C25H33ClN4O5S. The third-order valence-corrected chi connectivity index (χ3v) is 8.37. The Morgan fingerprint density at radius 2 is 1.78 bits per heavy atom. The number of halogens is 1. The average Bonchev–Trinajstić information content (AvgIpc) is 2.84. The van der Waals surface area contributed by atoms with E-state index >= 15 is 0 Å². The molecule has 0 radical (unpaired) electrons. The van der Waals surface area contributed by atoms with Crippen molar-refractivity contribution in [3.05, 3.63) is 53.1 Å². The van der Waals surface area contributed by atoms with Crippen molar-refractivity contribution in [1.29, 1.82) is 0 Å². The molecule has 1 fully saturated rings. The van der Waals surface area contributed by atoms with Crippen LogP contribution >= 0.6 is 11.6 Å². The number of hydrogen-bond acceptors (Lipinski definition) is 6. The largest absolute Gasteiger partial charge is 0.378 e. The van der Waals surface area contributed by atoms with Crippen LogP contribution in [0.25, 0.3) is 0 Å². The first kappa shape index (κ1) is 27.9. The van der Waals surface area contributed by atoms with Gasteiger partial charge in [0, 0.05) is 38.1 Å². The van der Waals surface area contributed by atoms with Gasteiger partial charge in [-0.3, -0.25) is 9.59 Å². The van der Waals surface area contributed by atoms with Crippen LogP contribution in [0.2, 0.25) is 5.02 Å². The maximum Gasteiger partial charge on any atom is 0.243 e. The zero-order valence-electron chi connectivity index (χ0n) is 20.8. The van der Waals surface area contributed by atoms with E-state index in [4.69, 9.17) is 16.3 Å². The van der Waals surface area contributed by atoms with Crippen LogP contribution in [0.1, 0.15) is 38.8 Å². The molecule has 2 N–H and O–H groups in total. The number of morpholine rings is 1. The molecule has 11 heteroatoms. The van der Waals surface area contributed by atoms with Gasteiger partial charge in [-0.2, -0.15) is 4.31 Å². The number of nitrogens with zero attached hydrogens (tertiary/aromatic N) is 2. The van der Waals surface area contributed by atoms with E-state index in [1.54, 1.807) is 50.2 Å². The van der Waals surface area contributed by atoms with Crippen LogP contribution in [0.5, 0.6) is 0 Å². The first-order chi connectivity index (χ1) is 17.2. The maximum atomic E-state index is 13.2. The number of carbonyl (C=O) groups excluding carboxylic acids is 2. The smallest absolute Gasteiger partial charge is 0.243 e. The predicted molar refractivity (Wildman–Crippen MR) is 141 cm³/mol. The summed E-state index contributed by atoms with van der Waals surface area (Å²) in [6, 6.07) is 11.1. The van der Waals surface area contributed by atoms with E-state index < -0.39 is 16.1 Å². The lowest BCUT2D eigenvalue weighted by molar-refractivity contribution is -0.120. The molecule has 1 aliphatic rings. The highest BCUT2D eigenvalue weighted by molar-refractivity contribution is 7.89. The van der Waals surface area contributed by atoms with Crippen LogP contribution in [-0.2, 0) is 24.3 Å². The van der Waals surface area contributed by atoms with Gasteiger partial charge in [-0.15, -0.1) is 0 Å². The highest BCUT2D eigenvalue weighted by atomic mass is 35.5. The number of carbonyl (C=O) groups is 2. The molecule has 0 bridgehead atoms. The van der Waals surface area contributed by atoms with Gasteiger partial charge in [-0.25, -0.2) is 8.42 Å². The quantitative estimate of drug-likeness (QED) is 0.482. The Kier molecular flexibility index (Phi) is 9.72. The number of hydrogen-bond donors (Lipinski definition) is 2. The Balaban J connectivity index is 1.94. The summed E-state index contributed by atoms with van der Waals surface area (Å²) in [6.45, 7) is 7.89. The van der Waals surface area contributed by atoms with Gasteiger partial charge in [-0.05, 0) is 29.8 Å². The van der Waals surface area contributed by atoms with Crippen LogP contribution < -0.4 is 15.5 Å². The van der Waals surface area contributed by atoms with Crippen LogP contribution in [0.15, 0.2) is 47.4 Å². The molecule has 3 rings (SSSR count). The molecule has 196 valence electrons. The van der Waals surface area contributed by atoms with Crippen LogP contribution in [-0.4, -0.2) is 63.9 Å². The van der Waals surface area contributed by atoms with E-state index in [0.29, 0.717) is 61.4 Å². The van der Waals surface area contributed by atoms with Crippen molar-refractivity contribution in [2.75, 3.05) is 49.6 Å². The Labute approximate surface area is 217 Å². The Morgan fingerprint density at radius 3 is 2.39 bits per heavy atom. The lowest BCUT2D eigenvalue weighted by Gasteiger charge is -2.31. The molecule has 2 amide bonds. The van der Waals surface area contributed by atoms with E-state index in [-0.39, 0.29) is 23.1 Å². The van der Waals surface area contributed by atoms with Crippen LogP contribution in [0, 0.1) is 0 Å². The van der Waals surface area contributed by atoms with Crippen molar-refractivity contribution in [3.8, 4) is 0 Å². The lowest BCUT2D eigenvalue weighted by atomic mass is 10.0. The van der Waals surface area contributed by atoms with Gasteiger partial charge >= 0.3 is 0 Å². The molecule has 1 aliphatic heterocycles. The first-order valence-corrected chi connectivity index (χ1v) is 13.8. The van der Waals surface area contributed by atoms with Gasteiger partial charge in [0.1, 0.15) is 0 Å². The summed E-state index contributed by atoms with van der Waals surface area (Å²) in [5.74, 6) is -0.686. The van der Waals surface area contributed by atoms with Crippen molar-refractivity contribution in [1.82, 2.24) is 9.62 Å². The fourth-order valence-electron chi connectivity index (χ4n) is 4.20. The fraction of sp³-hybridized carbons (Fsp3) is 0.440. The summed E-state index contributed by atoms with van der Waals surface area (Å²) in [5, 5.41) is 6.11. The number of ether oxygens (including phenoxy) is 1. The minimum absolute atomic E-state index is 0.0844. The summed E-state index contributed by atoms with van der Waals surface area (Å²) < 4.78 is 33.1. The van der Waals surface area contributed by atoms with Gasteiger partial charge in [-0.1, -0.05) is 43.6 Å². The molecule has 1 heterocycles. The lowest BCUT2D eigenvalue weighted by Crippen LogP contribution is -2.37. The zero-order valence-corrected chi connectivity index (χ0v) is 22.4. The predicted octanol–water partition coefficient (Wildman–Crippen LogP) is 3.41. The van der Waals surface area contributed by atoms with E-state index in [2.05, 4.69) is 10.6 Å². The number of amides is 2. The SMILES string of the molecule is CCN(CC)S(=O)(=O)c1ccc(N2CCOCC2)c(NC(=O)C[C@H](NC(C)=O)c2ccccc2Cl)c1. The van der Waals surface area contributed by atoms with Crippen molar-refractivity contribution in [2.45, 2.75) is 38.1 Å². The van der Waals surface area contributed by atoms with Gasteiger partial charge in [0.05, 0.1) is 41.9 Å². The van der Waals surface area contributed by atoms with Crippen LogP contribution in [0.4, 0.5) is 11.4 Å². The first-order valence-electron chi connectivity index (χ1n) is 12.0. The summed E-state index contributed by atoms with van der Waals surface area (Å²) in [4.78, 5) is 27.2. The van der Waals surface area contributed by atoms with Gasteiger partial charge in [0.2, 0.25) is 21.8 Å². The second-order valence-electron chi connectivity index (χ2n) is 8.39. The summed E-state index contributed by atoms with van der Waals surface area (Å²) in [7, 11) is -3.73. The molecule has 0 aliphatic carbocycles. The Hall–Kier alpha value is -2.66. The number of anilines is 2. The Bertz CT molecular complexity index is 1180. The number of sulfonamides is 1. The number of rotatable bonds is 10. The third-order valence-electron chi connectivity index (χ3n) is 5.98. The maximum absolute atomic E-state index is 13.2. The zero-order chi connectivity index (χ0) is 26.3. The number of benzene rings is 2. The molecule has 0 saturated carbocycles. The minimum atomic E-state index is -3.73. The van der Waals surface area contributed by atoms with Crippen molar-refractivity contribution >= 4 is 44.8 Å². The van der Waals surface area contributed by atoms with Gasteiger partial charge in [0.25, 0.3) is 0 Å².